The molecule has 0 aliphatic carbocycles. The quantitative estimate of drug-likeness (QED) is 0.462. The lowest BCUT2D eigenvalue weighted by molar-refractivity contribution is -0.113. The van der Waals surface area contributed by atoms with Crippen molar-refractivity contribution >= 4 is 45.7 Å². The Labute approximate surface area is 171 Å². The Bertz CT molecular complexity index is 1020. The topological polar surface area (TPSA) is 84.0 Å². The van der Waals surface area contributed by atoms with Gasteiger partial charge in [-0.15, -0.1) is 10.2 Å². The molecule has 2 N–H and O–H groups in total. The molecule has 3 aromatic rings. The summed E-state index contributed by atoms with van der Waals surface area (Å²) in [5.41, 5.74) is 4.57. The highest BCUT2D eigenvalue weighted by Gasteiger charge is 2.13. The van der Waals surface area contributed by atoms with Gasteiger partial charge in [-0.25, -0.2) is 0 Å². The molecule has 0 unspecified atom stereocenters. The summed E-state index contributed by atoms with van der Waals surface area (Å²) in [6, 6.07) is 13.2. The van der Waals surface area contributed by atoms with Gasteiger partial charge in [0.1, 0.15) is 0 Å². The molecule has 3 rings (SSSR count). The van der Waals surface area contributed by atoms with Crippen molar-refractivity contribution in [3.05, 3.63) is 64.7 Å². The van der Waals surface area contributed by atoms with Gasteiger partial charge in [-0.2, -0.15) is 0 Å². The van der Waals surface area contributed by atoms with Crippen LogP contribution in [0, 0.1) is 20.8 Å². The van der Waals surface area contributed by atoms with Gasteiger partial charge >= 0.3 is 0 Å². The Balaban J connectivity index is 1.54. The fraction of sp³-hybridized carbons (Fsp3) is 0.200. The fourth-order valence-corrected chi connectivity index (χ4v) is 3.94. The molecule has 0 spiro atoms. The second-order valence-electron chi connectivity index (χ2n) is 6.28. The number of carbonyl (C=O) groups excluding carboxylic acids is 2. The van der Waals surface area contributed by atoms with Crippen LogP contribution in [0.5, 0.6) is 0 Å². The van der Waals surface area contributed by atoms with Crippen LogP contribution in [0.2, 0.25) is 0 Å². The third kappa shape index (κ3) is 5.17. The second kappa shape index (κ2) is 8.99. The van der Waals surface area contributed by atoms with Crippen molar-refractivity contribution in [3.63, 3.8) is 0 Å². The number of benzene rings is 2. The number of hydrogen-bond acceptors (Lipinski definition) is 6. The van der Waals surface area contributed by atoms with Crippen molar-refractivity contribution in [2.45, 2.75) is 25.1 Å². The molecule has 0 aliphatic rings. The zero-order valence-electron chi connectivity index (χ0n) is 15.8. The molecule has 1 heterocycles. The predicted molar refractivity (Wildman–Crippen MR) is 114 cm³/mol. The number of aryl methyl sites for hydroxylation is 3. The molecule has 0 fully saturated rings. The van der Waals surface area contributed by atoms with Crippen LogP contribution >= 0.6 is 23.1 Å². The highest BCUT2D eigenvalue weighted by atomic mass is 32.2. The van der Waals surface area contributed by atoms with Crippen molar-refractivity contribution in [1.29, 1.82) is 0 Å². The van der Waals surface area contributed by atoms with Crippen molar-refractivity contribution in [2.24, 2.45) is 0 Å². The number of nitrogens with one attached hydrogen (secondary N) is 2. The van der Waals surface area contributed by atoms with E-state index >= 15 is 0 Å². The Hall–Kier alpha value is -2.71. The Morgan fingerprint density at radius 3 is 2.50 bits per heavy atom. The summed E-state index contributed by atoms with van der Waals surface area (Å²) < 4.78 is 0.621. The van der Waals surface area contributed by atoms with Gasteiger partial charge in [0.25, 0.3) is 5.91 Å². The van der Waals surface area contributed by atoms with E-state index in [1.807, 2.05) is 57.2 Å². The molecular weight excluding hydrogens is 392 g/mol. The van der Waals surface area contributed by atoms with Crippen LogP contribution in [0.1, 0.15) is 27.0 Å². The van der Waals surface area contributed by atoms with Gasteiger partial charge in [-0.05, 0) is 55.7 Å². The fourth-order valence-electron chi connectivity index (χ4n) is 2.40. The average molecular weight is 413 g/mol. The molecule has 0 atom stereocenters. The first-order chi connectivity index (χ1) is 13.4. The minimum absolute atomic E-state index is 0.116. The zero-order chi connectivity index (χ0) is 20.1. The number of aromatic nitrogens is 2. The molecule has 2 aromatic carbocycles. The number of thioether (sulfide) groups is 1. The van der Waals surface area contributed by atoms with E-state index in [9.17, 15) is 9.59 Å². The number of rotatable bonds is 6. The smallest absolute Gasteiger partial charge is 0.257 e. The van der Waals surface area contributed by atoms with Crippen LogP contribution in [0.3, 0.4) is 0 Å². The van der Waals surface area contributed by atoms with Gasteiger partial charge < -0.3 is 5.32 Å². The normalized spacial score (nSPS) is 10.5. The van der Waals surface area contributed by atoms with E-state index in [0.717, 1.165) is 22.4 Å². The molecule has 0 aliphatic heterocycles. The van der Waals surface area contributed by atoms with Crippen LogP contribution in [-0.4, -0.2) is 27.8 Å². The maximum Gasteiger partial charge on any atom is 0.257 e. The summed E-state index contributed by atoms with van der Waals surface area (Å²) in [5, 5.41) is 14.0. The molecule has 2 amide bonds. The predicted octanol–water partition coefficient (Wildman–Crippen LogP) is 4.45. The first-order valence-corrected chi connectivity index (χ1v) is 10.4. The van der Waals surface area contributed by atoms with E-state index in [4.69, 9.17) is 0 Å². The molecule has 0 saturated carbocycles. The largest absolute Gasteiger partial charge is 0.325 e. The number of para-hydroxylation sites is 1. The highest BCUT2D eigenvalue weighted by Crippen LogP contribution is 2.26. The van der Waals surface area contributed by atoms with Crippen LogP contribution in [-0.2, 0) is 4.79 Å². The number of nitrogens with zero attached hydrogens (tertiary/aromatic N) is 2. The molecule has 1 aromatic heterocycles. The molecule has 0 bridgehead atoms. The Morgan fingerprint density at radius 2 is 1.75 bits per heavy atom. The average Bonchev–Trinajstić information content (AvgIpc) is 3.11. The molecular formula is C20H20N4O2S2. The summed E-state index contributed by atoms with van der Waals surface area (Å²) in [5.74, 6) is -0.128. The number of anilines is 2. The van der Waals surface area contributed by atoms with E-state index in [2.05, 4.69) is 20.8 Å². The number of hydrogen-bond donors (Lipinski definition) is 2. The van der Waals surface area contributed by atoms with Crippen LogP contribution in [0.4, 0.5) is 10.8 Å². The first-order valence-electron chi connectivity index (χ1n) is 8.63. The van der Waals surface area contributed by atoms with Crippen LogP contribution in [0.15, 0.2) is 46.8 Å². The lowest BCUT2D eigenvalue weighted by atomic mass is 10.1. The van der Waals surface area contributed by atoms with Gasteiger partial charge in [0.2, 0.25) is 11.0 Å². The summed E-state index contributed by atoms with van der Waals surface area (Å²) in [6.45, 7) is 5.91. The lowest BCUT2D eigenvalue weighted by Crippen LogP contribution is -2.14. The molecule has 8 heteroatoms. The van der Waals surface area contributed by atoms with Crippen LogP contribution in [0.25, 0.3) is 0 Å². The third-order valence-corrected chi connectivity index (χ3v) is 6.11. The van der Waals surface area contributed by atoms with Crippen LogP contribution < -0.4 is 10.6 Å². The van der Waals surface area contributed by atoms with E-state index in [0.29, 0.717) is 15.0 Å². The molecule has 0 saturated heterocycles. The Kier molecular flexibility index (Phi) is 6.43. The maximum absolute atomic E-state index is 12.3. The summed E-state index contributed by atoms with van der Waals surface area (Å²) in [6.07, 6.45) is 0. The monoisotopic (exact) mass is 412 g/mol. The van der Waals surface area contributed by atoms with Crippen molar-refractivity contribution in [1.82, 2.24) is 10.2 Å². The minimum Gasteiger partial charge on any atom is -0.325 e. The van der Waals surface area contributed by atoms with Gasteiger partial charge in [0, 0.05) is 11.3 Å². The number of amides is 2. The standard InChI is InChI=1S/C20H20N4O2S2/c1-12-8-9-15(10-14(12)3)18(26)22-19-23-24-20(28-19)27-11-17(25)21-16-7-5-4-6-13(16)2/h4-10H,11H2,1-3H3,(H,21,25)(H,22,23,26). The zero-order valence-corrected chi connectivity index (χ0v) is 17.4. The Morgan fingerprint density at radius 1 is 0.964 bits per heavy atom. The van der Waals surface area contributed by atoms with Crippen molar-refractivity contribution < 1.29 is 9.59 Å². The van der Waals surface area contributed by atoms with Gasteiger partial charge in [-0.3, -0.25) is 14.9 Å². The van der Waals surface area contributed by atoms with E-state index in [1.54, 1.807) is 6.07 Å². The summed E-state index contributed by atoms with van der Waals surface area (Å²) in [4.78, 5) is 24.5. The maximum atomic E-state index is 12.3. The van der Waals surface area contributed by atoms with Crippen molar-refractivity contribution in [3.8, 4) is 0 Å². The minimum atomic E-state index is -0.229. The molecule has 0 radical (unpaired) electrons. The van der Waals surface area contributed by atoms with E-state index in [1.165, 1.54) is 23.1 Å². The highest BCUT2D eigenvalue weighted by molar-refractivity contribution is 8.01. The lowest BCUT2D eigenvalue weighted by Gasteiger charge is -2.06. The van der Waals surface area contributed by atoms with Gasteiger partial charge in [0.15, 0.2) is 4.34 Å². The van der Waals surface area contributed by atoms with E-state index < -0.39 is 0 Å². The third-order valence-electron chi connectivity index (χ3n) is 4.14. The first kappa shape index (κ1) is 20.0. The van der Waals surface area contributed by atoms with E-state index in [-0.39, 0.29) is 17.6 Å². The SMILES string of the molecule is Cc1ccc(C(=O)Nc2nnc(SCC(=O)Nc3ccccc3C)s2)cc1C. The second-order valence-corrected chi connectivity index (χ2v) is 8.48. The summed E-state index contributed by atoms with van der Waals surface area (Å²) in [7, 11) is 0. The molecule has 144 valence electrons. The molecule has 28 heavy (non-hydrogen) atoms. The van der Waals surface area contributed by atoms with Gasteiger partial charge in [-0.1, -0.05) is 47.4 Å². The molecule has 6 nitrogen and oxygen atoms in total. The summed E-state index contributed by atoms with van der Waals surface area (Å²) >= 11 is 2.53. The van der Waals surface area contributed by atoms with Gasteiger partial charge in [0.05, 0.1) is 5.75 Å². The van der Waals surface area contributed by atoms with Crippen molar-refractivity contribution in [2.75, 3.05) is 16.4 Å². The number of carbonyl (C=O) groups is 2.